The molecule has 0 unspecified atom stereocenters. The summed E-state index contributed by atoms with van der Waals surface area (Å²) < 4.78 is 5.04. The molecule has 4 nitrogen and oxygen atoms in total. The topological polar surface area (TPSA) is 64.9 Å². The zero-order valence-electron chi connectivity index (χ0n) is 9.54. The molecular weight excluding hydrogens is 270 g/mol. The molecule has 0 atom stereocenters. The van der Waals surface area contributed by atoms with E-state index in [0.29, 0.717) is 24.0 Å². The SMILES string of the molecule is NC/C=C/c1nc(CSc2cccc(Cl)c2)no1. The van der Waals surface area contributed by atoms with Gasteiger partial charge in [0.1, 0.15) is 0 Å². The van der Waals surface area contributed by atoms with E-state index in [1.54, 1.807) is 23.9 Å². The van der Waals surface area contributed by atoms with Gasteiger partial charge >= 0.3 is 0 Å². The van der Waals surface area contributed by atoms with E-state index in [9.17, 15) is 0 Å². The highest BCUT2D eigenvalue weighted by molar-refractivity contribution is 7.98. The summed E-state index contributed by atoms with van der Waals surface area (Å²) in [6.45, 7) is 0.453. The summed E-state index contributed by atoms with van der Waals surface area (Å²) in [4.78, 5) is 5.29. The molecule has 2 aromatic rings. The van der Waals surface area contributed by atoms with Crippen molar-refractivity contribution in [2.75, 3.05) is 6.54 Å². The van der Waals surface area contributed by atoms with E-state index in [1.165, 1.54) is 0 Å². The zero-order chi connectivity index (χ0) is 12.8. The molecule has 0 radical (unpaired) electrons. The van der Waals surface area contributed by atoms with Crippen LogP contribution in [0.3, 0.4) is 0 Å². The quantitative estimate of drug-likeness (QED) is 0.854. The Labute approximate surface area is 114 Å². The molecule has 1 aromatic heterocycles. The van der Waals surface area contributed by atoms with Crippen molar-refractivity contribution in [2.45, 2.75) is 10.6 Å². The number of hydrogen-bond acceptors (Lipinski definition) is 5. The van der Waals surface area contributed by atoms with Crippen LogP contribution in [-0.2, 0) is 5.75 Å². The van der Waals surface area contributed by atoms with Crippen LogP contribution in [0.25, 0.3) is 6.08 Å². The van der Waals surface area contributed by atoms with Gasteiger partial charge in [0.25, 0.3) is 0 Å². The first kappa shape index (κ1) is 13.1. The van der Waals surface area contributed by atoms with E-state index in [-0.39, 0.29) is 0 Å². The molecule has 0 fully saturated rings. The maximum absolute atomic E-state index is 5.90. The number of hydrogen-bond donors (Lipinski definition) is 1. The third-order valence-corrected chi connectivity index (χ3v) is 3.27. The molecule has 1 heterocycles. The van der Waals surface area contributed by atoms with Crippen molar-refractivity contribution in [2.24, 2.45) is 5.73 Å². The maximum atomic E-state index is 5.90. The summed E-state index contributed by atoms with van der Waals surface area (Å²) in [5, 5.41) is 4.60. The first-order valence-corrected chi connectivity index (χ1v) is 6.72. The number of benzene rings is 1. The lowest BCUT2D eigenvalue weighted by atomic mass is 10.4. The van der Waals surface area contributed by atoms with Crippen molar-refractivity contribution in [3.05, 3.63) is 47.1 Å². The summed E-state index contributed by atoms with van der Waals surface area (Å²) in [5.74, 6) is 1.76. The van der Waals surface area contributed by atoms with Crippen LogP contribution in [0.15, 0.2) is 39.8 Å². The number of nitrogens with two attached hydrogens (primary N) is 1. The van der Waals surface area contributed by atoms with Gasteiger partial charge in [0.15, 0.2) is 5.82 Å². The van der Waals surface area contributed by atoms with E-state index in [0.717, 1.165) is 9.92 Å². The number of thioether (sulfide) groups is 1. The lowest BCUT2D eigenvalue weighted by Gasteiger charge is -1.98. The summed E-state index contributed by atoms with van der Waals surface area (Å²) in [6.07, 6.45) is 3.47. The van der Waals surface area contributed by atoms with Crippen molar-refractivity contribution in [1.82, 2.24) is 10.1 Å². The molecule has 2 rings (SSSR count). The fraction of sp³-hybridized carbons (Fsp3) is 0.167. The first-order valence-electron chi connectivity index (χ1n) is 5.35. The minimum absolute atomic E-state index is 0.453. The third-order valence-electron chi connectivity index (χ3n) is 2.04. The number of aromatic nitrogens is 2. The van der Waals surface area contributed by atoms with Crippen LogP contribution in [0.4, 0.5) is 0 Å². The molecule has 2 N–H and O–H groups in total. The zero-order valence-corrected chi connectivity index (χ0v) is 11.1. The molecule has 18 heavy (non-hydrogen) atoms. The van der Waals surface area contributed by atoms with Crippen molar-refractivity contribution < 1.29 is 4.52 Å². The fourth-order valence-electron chi connectivity index (χ4n) is 1.27. The maximum Gasteiger partial charge on any atom is 0.250 e. The van der Waals surface area contributed by atoms with Crippen LogP contribution < -0.4 is 5.73 Å². The molecule has 0 amide bonds. The minimum Gasteiger partial charge on any atom is -0.335 e. The van der Waals surface area contributed by atoms with E-state index in [2.05, 4.69) is 10.1 Å². The monoisotopic (exact) mass is 281 g/mol. The van der Waals surface area contributed by atoms with Crippen molar-refractivity contribution in [1.29, 1.82) is 0 Å². The molecule has 0 saturated carbocycles. The van der Waals surface area contributed by atoms with Gasteiger partial charge in [-0.15, -0.1) is 11.8 Å². The Balaban J connectivity index is 1.94. The molecule has 0 bridgehead atoms. The van der Waals surface area contributed by atoms with Gasteiger partial charge in [0.2, 0.25) is 5.89 Å². The van der Waals surface area contributed by atoms with Gasteiger partial charge in [0.05, 0.1) is 5.75 Å². The second kappa shape index (κ2) is 6.58. The van der Waals surface area contributed by atoms with Crippen LogP contribution in [0, 0.1) is 0 Å². The van der Waals surface area contributed by atoms with E-state index in [4.69, 9.17) is 21.9 Å². The van der Waals surface area contributed by atoms with Crippen molar-refractivity contribution >= 4 is 29.4 Å². The van der Waals surface area contributed by atoms with Gasteiger partial charge in [0, 0.05) is 22.5 Å². The summed E-state index contributed by atoms with van der Waals surface area (Å²) >= 11 is 7.51. The average Bonchev–Trinajstić information content (AvgIpc) is 2.82. The average molecular weight is 282 g/mol. The van der Waals surface area contributed by atoms with Crippen LogP contribution in [0.2, 0.25) is 5.02 Å². The Morgan fingerprint density at radius 1 is 1.44 bits per heavy atom. The molecule has 0 aliphatic heterocycles. The van der Waals surface area contributed by atoms with Gasteiger partial charge in [-0.3, -0.25) is 0 Å². The van der Waals surface area contributed by atoms with Crippen LogP contribution in [0.5, 0.6) is 0 Å². The van der Waals surface area contributed by atoms with Gasteiger partial charge in [-0.2, -0.15) is 4.98 Å². The molecule has 0 saturated heterocycles. The molecular formula is C12H12ClN3OS. The smallest absolute Gasteiger partial charge is 0.250 e. The fourth-order valence-corrected chi connectivity index (χ4v) is 2.32. The molecule has 1 aromatic carbocycles. The minimum atomic E-state index is 0.453. The van der Waals surface area contributed by atoms with E-state index >= 15 is 0 Å². The van der Waals surface area contributed by atoms with Crippen LogP contribution in [0.1, 0.15) is 11.7 Å². The van der Waals surface area contributed by atoms with E-state index in [1.807, 2.05) is 24.3 Å². The number of nitrogens with zero attached hydrogens (tertiary/aromatic N) is 2. The standard InChI is InChI=1S/C12H12ClN3OS/c13-9-3-1-4-10(7-9)18-8-11-15-12(17-16-11)5-2-6-14/h1-5,7H,6,8,14H2/b5-2+. The highest BCUT2D eigenvalue weighted by atomic mass is 35.5. The van der Waals surface area contributed by atoms with Crippen LogP contribution in [-0.4, -0.2) is 16.7 Å². The van der Waals surface area contributed by atoms with Crippen molar-refractivity contribution in [3.63, 3.8) is 0 Å². The molecule has 0 aliphatic carbocycles. The lowest BCUT2D eigenvalue weighted by molar-refractivity contribution is 0.405. The van der Waals surface area contributed by atoms with Crippen molar-refractivity contribution in [3.8, 4) is 0 Å². The molecule has 0 aliphatic rings. The van der Waals surface area contributed by atoms with Crippen LogP contribution >= 0.6 is 23.4 Å². The molecule has 94 valence electrons. The normalized spacial score (nSPS) is 11.2. The third kappa shape index (κ3) is 3.87. The Morgan fingerprint density at radius 2 is 2.33 bits per heavy atom. The summed E-state index contributed by atoms with van der Waals surface area (Å²) in [7, 11) is 0. The lowest BCUT2D eigenvalue weighted by Crippen LogP contribution is -1.91. The largest absolute Gasteiger partial charge is 0.335 e. The Hall–Kier alpha value is -1.30. The number of rotatable bonds is 5. The Morgan fingerprint density at radius 3 is 3.11 bits per heavy atom. The highest BCUT2D eigenvalue weighted by Crippen LogP contribution is 2.24. The predicted octanol–water partition coefficient (Wildman–Crippen LogP) is 2.99. The van der Waals surface area contributed by atoms with Gasteiger partial charge in [-0.25, -0.2) is 0 Å². The van der Waals surface area contributed by atoms with Gasteiger partial charge in [-0.1, -0.05) is 28.9 Å². The summed E-state index contributed by atoms with van der Waals surface area (Å²) in [5.41, 5.74) is 5.34. The second-order valence-electron chi connectivity index (χ2n) is 3.43. The first-order chi connectivity index (χ1) is 8.78. The highest BCUT2D eigenvalue weighted by Gasteiger charge is 2.04. The predicted molar refractivity (Wildman–Crippen MR) is 73.4 cm³/mol. The molecule has 0 spiro atoms. The molecule has 6 heteroatoms. The number of halogens is 1. The van der Waals surface area contributed by atoms with Gasteiger partial charge < -0.3 is 10.3 Å². The van der Waals surface area contributed by atoms with Gasteiger partial charge in [-0.05, 0) is 18.2 Å². The second-order valence-corrected chi connectivity index (χ2v) is 4.92. The Kier molecular flexibility index (Phi) is 4.81. The Bertz CT molecular complexity index is 542. The summed E-state index contributed by atoms with van der Waals surface area (Å²) in [6, 6.07) is 7.65. The van der Waals surface area contributed by atoms with E-state index < -0.39 is 0 Å².